The zero-order valence-electron chi connectivity index (χ0n) is 8.82. The number of rotatable bonds is 4. The van der Waals surface area contributed by atoms with Crippen LogP contribution in [0.5, 0.6) is 0 Å². The smallest absolute Gasteiger partial charge is 0.342 e. The van der Waals surface area contributed by atoms with E-state index in [2.05, 4.69) is 4.98 Å². The van der Waals surface area contributed by atoms with E-state index in [9.17, 15) is 4.79 Å². The Morgan fingerprint density at radius 3 is 3.00 bits per heavy atom. The third-order valence-corrected chi connectivity index (χ3v) is 1.81. The van der Waals surface area contributed by atoms with Crippen molar-refractivity contribution in [1.29, 1.82) is 0 Å². The summed E-state index contributed by atoms with van der Waals surface area (Å²) in [4.78, 5) is 15.5. The van der Waals surface area contributed by atoms with Gasteiger partial charge in [0.15, 0.2) is 6.79 Å². The molecule has 0 radical (unpaired) electrons. The van der Waals surface area contributed by atoms with E-state index in [0.717, 1.165) is 0 Å². The summed E-state index contributed by atoms with van der Waals surface area (Å²) in [6.07, 6.45) is 1.49. The number of hydrogen-bond donors (Lipinski definition) is 1. The van der Waals surface area contributed by atoms with Crippen molar-refractivity contribution in [3.8, 4) is 0 Å². The summed E-state index contributed by atoms with van der Waals surface area (Å²) in [5, 5.41) is 0. The molecule has 15 heavy (non-hydrogen) atoms. The van der Waals surface area contributed by atoms with E-state index in [1.165, 1.54) is 12.3 Å². The summed E-state index contributed by atoms with van der Waals surface area (Å²) in [5.41, 5.74) is 6.91. The molecule has 2 N–H and O–H groups in total. The lowest BCUT2D eigenvalue weighted by Gasteiger charge is -2.06. The summed E-state index contributed by atoms with van der Waals surface area (Å²) < 4.78 is 9.75. The number of carbonyl (C=O) groups excluding carboxylic acids is 1. The van der Waals surface area contributed by atoms with E-state index >= 15 is 0 Å². The number of aryl methyl sites for hydroxylation is 1. The first-order valence-corrected chi connectivity index (χ1v) is 4.62. The number of aromatic nitrogens is 1. The predicted octanol–water partition coefficient (Wildman–Crippen LogP) is 1.12. The van der Waals surface area contributed by atoms with Crippen molar-refractivity contribution in [2.75, 3.05) is 19.1 Å². The predicted molar refractivity (Wildman–Crippen MR) is 55.3 cm³/mol. The third-order valence-electron chi connectivity index (χ3n) is 1.81. The molecule has 5 nitrogen and oxygen atoms in total. The highest BCUT2D eigenvalue weighted by atomic mass is 16.7. The first kappa shape index (κ1) is 11.5. The number of hydrogen-bond acceptors (Lipinski definition) is 5. The summed E-state index contributed by atoms with van der Waals surface area (Å²) in [5.74, 6) is -0.472. The molecule has 0 aromatic carbocycles. The molecule has 0 bridgehead atoms. The highest BCUT2D eigenvalue weighted by Gasteiger charge is 2.11. The van der Waals surface area contributed by atoms with Crippen LogP contribution in [-0.2, 0) is 9.47 Å². The van der Waals surface area contributed by atoms with Gasteiger partial charge >= 0.3 is 5.97 Å². The van der Waals surface area contributed by atoms with Crippen LogP contribution in [-0.4, -0.2) is 24.4 Å². The van der Waals surface area contributed by atoms with Gasteiger partial charge in [-0.2, -0.15) is 0 Å². The maximum atomic E-state index is 11.5. The minimum atomic E-state index is -0.472. The minimum Gasteiger partial charge on any atom is -0.435 e. The molecule has 0 atom stereocenters. The minimum absolute atomic E-state index is 0.0520. The highest BCUT2D eigenvalue weighted by molar-refractivity contribution is 5.91. The fourth-order valence-corrected chi connectivity index (χ4v) is 1.01. The average molecular weight is 210 g/mol. The van der Waals surface area contributed by atoms with Crippen LogP contribution in [0.25, 0.3) is 0 Å². The lowest BCUT2D eigenvalue weighted by Crippen LogP contribution is -2.11. The van der Waals surface area contributed by atoms with Crippen LogP contribution in [0, 0.1) is 6.92 Å². The number of nitrogens with two attached hydrogens (primary N) is 1. The number of carbonyl (C=O) groups is 1. The quantitative estimate of drug-likeness (QED) is 0.458. The molecular weight excluding hydrogens is 196 g/mol. The second-order valence-corrected chi connectivity index (χ2v) is 2.94. The van der Waals surface area contributed by atoms with Crippen molar-refractivity contribution in [3.63, 3.8) is 0 Å². The van der Waals surface area contributed by atoms with Crippen LogP contribution in [0.4, 0.5) is 5.69 Å². The number of nitrogen functional groups attached to an aromatic ring is 1. The molecule has 1 aromatic rings. The second kappa shape index (κ2) is 5.31. The number of nitrogens with zero attached hydrogens (tertiary/aromatic N) is 1. The fraction of sp³-hybridized carbons (Fsp3) is 0.400. The van der Waals surface area contributed by atoms with Crippen LogP contribution < -0.4 is 5.73 Å². The average Bonchev–Trinajstić information content (AvgIpc) is 2.22. The number of pyridine rings is 1. The lowest BCUT2D eigenvalue weighted by atomic mass is 10.2. The van der Waals surface area contributed by atoms with Crippen LogP contribution >= 0.6 is 0 Å². The Hall–Kier alpha value is -1.62. The number of anilines is 1. The lowest BCUT2D eigenvalue weighted by molar-refractivity contribution is -0.0275. The second-order valence-electron chi connectivity index (χ2n) is 2.94. The van der Waals surface area contributed by atoms with Crippen molar-refractivity contribution < 1.29 is 14.3 Å². The largest absolute Gasteiger partial charge is 0.435 e. The third kappa shape index (κ3) is 3.21. The van der Waals surface area contributed by atoms with Crippen molar-refractivity contribution in [3.05, 3.63) is 23.5 Å². The van der Waals surface area contributed by atoms with Gasteiger partial charge in [0.2, 0.25) is 0 Å². The molecule has 0 amide bonds. The van der Waals surface area contributed by atoms with Gasteiger partial charge in [-0.1, -0.05) is 0 Å². The molecule has 0 spiro atoms. The van der Waals surface area contributed by atoms with Gasteiger partial charge in [0.1, 0.15) is 0 Å². The summed E-state index contributed by atoms with van der Waals surface area (Å²) >= 11 is 0. The highest BCUT2D eigenvalue weighted by Crippen LogP contribution is 2.10. The molecule has 0 fully saturated rings. The normalized spacial score (nSPS) is 10.0. The maximum absolute atomic E-state index is 11.5. The van der Waals surface area contributed by atoms with Crippen molar-refractivity contribution >= 4 is 11.7 Å². The number of ether oxygens (including phenoxy) is 2. The Kier molecular flexibility index (Phi) is 4.05. The van der Waals surface area contributed by atoms with E-state index in [1.807, 2.05) is 6.92 Å². The van der Waals surface area contributed by atoms with Crippen molar-refractivity contribution in [2.45, 2.75) is 13.8 Å². The Balaban J connectivity index is 2.68. The Labute approximate surface area is 88.2 Å². The summed E-state index contributed by atoms with van der Waals surface area (Å²) in [6.45, 7) is 3.99. The van der Waals surface area contributed by atoms with Gasteiger partial charge < -0.3 is 15.2 Å². The van der Waals surface area contributed by atoms with Gasteiger partial charge in [-0.15, -0.1) is 0 Å². The van der Waals surface area contributed by atoms with Crippen molar-refractivity contribution in [2.24, 2.45) is 0 Å². The fourth-order valence-electron chi connectivity index (χ4n) is 1.01. The van der Waals surface area contributed by atoms with Crippen LogP contribution in [0.2, 0.25) is 0 Å². The Bertz CT molecular complexity index is 353. The van der Waals surface area contributed by atoms with E-state index in [4.69, 9.17) is 15.2 Å². The summed E-state index contributed by atoms with van der Waals surface area (Å²) in [7, 11) is 0. The van der Waals surface area contributed by atoms with Gasteiger partial charge in [-0.05, 0) is 19.9 Å². The molecule has 1 heterocycles. The SMILES string of the molecule is CCOCOC(=O)c1cc(N)cnc1C. The van der Waals surface area contributed by atoms with E-state index in [-0.39, 0.29) is 6.79 Å². The molecule has 0 saturated carbocycles. The van der Waals surface area contributed by atoms with E-state index in [0.29, 0.717) is 23.6 Å². The van der Waals surface area contributed by atoms with Gasteiger partial charge in [-0.3, -0.25) is 4.98 Å². The molecule has 1 rings (SSSR count). The maximum Gasteiger partial charge on any atom is 0.342 e. The summed E-state index contributed by atoms with van der Waals surface area (Å²) in [6, 6.07) is 1.54. The monoisotopic (exact) mass is 210 g/mol. The van der Waals surface area contributed by atoms with Crippen LogP contribution in [0.15, 0.2) is 12.3 Å². The molecular formula is C10H14N2O3. The first-order valence-electron chi connectivity index (χ1n) is 4.62. The molecule has 82 valence electrons. The molecule has 0 saturated heterocycles. The van der Waals surface area contributed by atoms with Gasteiger partial charge in [0.05, 0.1) is 23.1 Å². The van der Waals surface area contributed by atoms with Gasteiger partial charge in [-0.25, -0.2) is 4.79 Å². The van der Waals surface area contributed by atoms with E-state index < -0.39 is 5.97 Å². The standard InChI is InChI=1S/C10H14N2O3/c1-3-14-6-15-10(13)9-4-8(11)5-12-7(9)2/h4-5H,3,6,11H2,1-2H3. The van der Waals surface area contributed by atoms with Gasteiger partial charge in [0, 0.05) is 6.61 Å². The molecule has 0 aliphatic rings. The molecule has 5 heteroatoms. The zero-order valence-corrected chi connectivity index (χ0v) is 8.82. The molecule has 1 aromatic heterocycles. The number of esters is 1. The van der Waals surface area contributed by atoms with Crippen LogP contribution in [0.3, 0.4) is 0 Å². The molecule has 0 aliphatic carbocycles. The zero-order chi connectivity index (χ0) is 11.3. The van der Waals surface area contributed by atoms with Crippen molar-refractivity contribution in [1.82, 2.24) is 4.98 Å². The molecule has 0 aliphatic heterocycles. The topological polar surface area (TPSA) is 74.4 Å². The first-order chi connectivity index (χ1) is 7.15. The van der Waals surface area contributed by atoms with Gasteiger partial charge in [0.25, 0.3) is 0 Å². The Morgan fingerprint density at radius 2 is 2.33 bits per heavy atom. The molecule has 0 unspecified atom stereocenters. The Morgan fingerprint density at radius 1 is 1.60 bits per heavy atom. The van der Waals surface area contributed by atoms with Crippen LogP contribution in [0.1, 0.15) is 23.0 Å². The van der Waals surface area contributed by atoms with E-state index in [1.54, 1.807) is 6.92 Å².